The number of hydrogen-bond acceptors (Lipinski definition) is 4. The Balaban J connectivity index is 1.00. The summed E-state index contributed by atoms with van der Waals surface area (Å²) in [5, 5.41) is 4.55. The summed E-state index contributed by atoms with van der Waals surface area (Å²) in [7, 11) is 0. The monoisotopic (exact) mass is 878 g/mol. The molecule has 0 aliphatic carbocycles. The number of rotatable bonds is 4. The summed E-state index contributed by atoms with van der Waals surface area (Å²) in [5.74, 6) is 0. The molecule has 2 aliphatic rings. The second-order valence-electron chi connectivity index (χ2n) is 21.0. The summed E-state index contributed by atoms with van der Waals surface area (Å²) in [6, 6.07) is 67.1. The number of nitrogens with zero attached hydrogens (tertiary/aromatic N) is 2. The zero-order valence-corrected chi connectivity index (χ0v) is 39.6. The fourth-order valence-electron chi connectivity index (χ4n) is 11.2. The van der Waals surface area contributed by atoms with Gasteiger partial charge in [0.05, 0.1) is 0 Å². The van der Waals surface area contributed by atoms with Gasteiger partial charge in [0.15, 0.2) is 0 Å². The number of furan rings is 2. The van der Waals surface area contributed by atoms with Crippen LogP contribution in [0, 0.1) is 6.92 Å². The minimum atomic E-state index is -0.0409. The summed E-state index contributed by atoms with van der Waals surface area (Å²) in [6.45, 7) is 16.2. The molecule has 4 heterocycles. The fourth-order valence-corrected chi connectivity index (χ4v) is 11.2. The smallest absolute Gasteiger partial charge is 0.252 e. The molecule has 0 unspecified atom stereocenters. The van der Waals surface area contributed by atoms with E-state index < -0.39 is 0 Å². The van der Waals surface area contributed by atoms with Crippen LogP contribution in [0.25, 0.3) is 66.1 Å². The van der Waals surface area contributed by atoms with Gasteiger partial charge in [0.25, 0.3) is 6.71 Å². The molecule has 11 aromatic rings. The number of fused-ring (bicyclic) bond motifs is 10. The molecule has 2 aromatic heterocycles. The average Bonchev–Trinajstić information content (AvgIpc) is 3.92. The normalized spacial score (nSPS) is 13.4. The first-order valence-electron chi connectivity index (χ1n) is 23.9. The lowest BCUT2D eigenvalue weighted by Gasteiger charge is -2.45. The van der Waals surface area contributed by atoms with Gasteiger partial charge in [-0.05, 0) is 123 Å². The maximum absolute atomic E-state index is 6.52. The topological polar surface area (TPSA) is 32.8 Å². The summed E-state index contributed by atoms with van der Waals surface area (Å²) >= 11 is 0. The molecule has 2 aliphatic heterocycles. The Hall–Kier alpha value is -7.76. The van der Waals surface area contributed by atoms with E-state index in [-0.39, 0.29) is 17.5 Å². The predicted octanol–water partition coefficient (Wildman–Crippen LogP) is 15.8. The number of benzene rings is 9. The molecule has 328 valence electrons. The van der Waals surface area contributed by atoms with Crippen LogP contribution in [0.15, 0.2) is 191 Å². The molecule has 68 heavy (non-hydrogen) atoms. The molecular formula is C63H51BN2O2. The van der Waals surface area contributed by atoms with E-state index in [4.69, 9.17) is 8.83 Å². The largest absolute Gasteiger partial charge is 0.455 e. The highest BCUT2D eigenvalue weighted by molar-refractivity contribution is 7.00. The SMILES string of the molecule is Cc1cc2c3c(c1)N(c1ccc(-c4cccc5c4oc4ccccc45)cc1)c1ccc(C(C)(C)C)cc1B3c1cc(C(C)(C)C)ccc1N2c1ccc(-c2cccc3c2oc2ccccc23)cc1. The van der Waals surface area contributed by atoms with Gasteiger partial charge in [-0.15, -0.1) is 0 Å². The molecule has 0 N–H and O–H groups in total. The summed E-state index contributed by atoms with van der Waals surface area (Å²) in [4.78, 5) is 5.03. The summed E-state index contributed by atoms with van der Waals surface area (Å²) in [6.07, 6.45) is 0. The van der Waals surface area contributed by atoms with Crippen LogP contribution in [-0.2, 0) is 10.8 Å². The maximum atomic E-state index is 6.52. The van der Waals surface area contributed by atoms with Crippen LogP contribution in [-0.4, -0.2) is 6.71 Å². The van der Waals surface area contributed by atoms with E-state index in [2.05, 4.69) is 228 Å². The molecule has 5 heteroatoms. The molecule has 0 saturated carbocycles. The summed E-state index contributed by atoms with van der Waals surface area (Å²) < 4.78 is 13.0. The van der Waals surface area contributed by atoms with E-state index >= 15 is 0 Å². The lowest BCUT2D eigenvalue weighted by molar-refractivity contribution is 0.590. The molecule has 0 spiro atoms. The second-order valence-corrected chi connectivity index (χ2v) is 21.0. The van der Waals surface area contributed by atoms with E-state index in [1.165, 1.54) is 55.8 Å². The van der Waals surface area contributed by atoms with E-state index in [0.29, 0.717) is 0 Å². The quantitative estimate of drug-likeness (QED) is 0.165. The minimum Gasteiger partial charge on any atom is -0.455 e. The number of para-hydroxylation sites is 4. The standard InChI is InChI=1S/C63H51BN2O2/c1-38-34-55-59-56(35-38)66(44-30-24-40(25-31-44)46-17-13-19-50-48-15-9-11-21-58(48)68-61(46)50)54-33-27-42(63(5,6)7)37-52(54)64(59)51-36-41(62(2,3)4)26-32-53(51)65(55)43-28-22-39(23-29-43)45-16-12-18-49-47-14-8-10-20-57(47)67-60(45)49/h8-37H,1-7H3. The van der Waals surface area contributed by atoms with Crippen molar-refractivity contribution in [2.24, 2.45) is 0 Å². The van der Waals surface area contributed by atoms with Gasteiger partial charge in [0, 0.05) is 66.8 Å². The van der Waals surface area contributed by atoms with Crippen LogP contribution in [0.5, 0.6) is 0 Å². The van der Waals surface area contributed by atoms with Crippen molar-refractivity contribution < 1.29 is 8.83 Å². The Morgan fingerprint density at radius 2 is 0.809 bits per heavy atom. The van der Waals surface area contributed by atoms with Gasteiger partial charge < -0.3 is 18.6 Å². The first kappa shape index (κ1) is 40.5. The molecule has 0 amide bonds. The van der Waals surface area contributed by atoms with Gasteiger partial charge in [-0.2, -0.15) is 0 Å². The van der Waals surface area contributed by atoms with Crippen LogP contribution >= 0.6 is 0 Å². The van der Waals surface area contributed by atoms with E-state index in [0.717, 1.165) is 77.5 Å². The third-order valence-corrected chi connectivity index (χ3v) is 14.6. The van der Waals surface area contributed by atoms with Gasteiger partial charge >= 0.3 is 0 Å². The highest BCUT2D eigenvalue weighted by Crippen LogP contribution is 2.47. The number of hydrogen-bond donors (Lipinski definition) is 0. The Morgan fingerprint density at radius 1 is 0.397 bits per heavy atom. The van der Waals surface area contributed by atoms with Crippen LogP contribution in [0.4, 0.5) is 34.1 Å². The molecular weight excluding hydrogens is 828 g/mol. The third-order valence-electron chi connectivity index (χ3n) is 14.6. The molecule has 9 aromatic carbocycles. The van der Waals surface area contributed by atoms with Crippen molar-refractivity contribution in [2.45, 2.75) is 59.3 Å². The average molecular weight is 879 g/mol. The van der Waals surface area contributed by atoms with Gasteiger partial charge in [0.1, 0.15) is 22.3 Å². The van der Waals surface area contributed by atoms with Gasteiger partial charge in [-0.3, -0.25) is 0 Å². The highest BCUT2D eigenvalue weighted by atomic mass is 16.3. The van der Waals surface area contributed by atoms with Crippen LogP contribution in [0.1, 0.15) is 58.2 Å². The van der Waals surface area contributed by atoms with Crippen molar-refractivity contribution in [1.29, 1.82) is 0 Å². The Morgan fingerprint density at radius 3 is 1.24 bits per heavy atom. The minimum absolute atomic E-state index is 0.0117. The van der Waals surface area contributed by atoms with E-state index in [1.807, 2.05) is 12.1 Å². The Kier molecular flexibility index (Phi) is 8.71. The molecule has 4 nitrogen and oxygen atoms in total. The lowest BCUT2D eigenvalue weighted by atomic mass is 9.33. The molecule has 0 saturated heterocycles. The summed E-state index contributed by atoms with van der Waals surface area (Å²) in [5.41, 5.74) is 22.9. The Labute approximate surface area is 398 Å². The van der Waals surface area contributed by atoms with Crippen LogP contribution in [0.3, 0.4) is 0 Å². The van der Waals surface area contributed by atoms with Crippen molar-refractivity contribution in [3.8, 4) is 22.3 Å². The predicted molar refractivity (Wildman–Crippen MR) is 288 cm³/mol. The molecule has 0 bridgehead atoms. The van der Waals surface area contributed by atoms with Crippen LogP contribution in [0.2, 0.25) is 0 Å². The van der Waals surface area contributed by atoms with E-state index in [9.17, 15) is 0 Å². The molecule has 0 atom stereocenters. The maximum Gasteiger partial charge on any atom is 0.252 e. The molecule has 0 fully saturated rings. The third kappa shape index (κ3) is 6.14. The van der Waals surface area contributed by atoms with Crippen molar-refractivity contribution in [1.82, 2.24) is 0 Å². The zero-order valence-electron chi connectivity index (χ0n) is 39.6. The number of anilines is 6. The highest BCUT2D eigenvalue weighted by Gasteiger charge is 2.44. The molecule has 13 rings (SSSR count). The first-order valence-corrected chi connectivity index (χ1v) is 23.9. The molecule has 0 radical (unpaired) electrons. The second kappa shape index (κ2) is 14.6. The van der Waals surface area contributed by atoms with Crippen molar-refractivity contribution in [2.75, 3.05) is 9.80 Å². The van der Waals surface area contributed by atoms with Gasteiger partial charge in [-0.1, -0.05) is 163 Å². The lowest BCUT2D eigenvalue weighted by Crippen LogP contribution is -2.61. The number of aryl methyl sites for hydroxylation is 1. The van der Waals surface area contributed by atoms with Crippen LogP contribution < -0.4 is 26.2 Å². The fraction of sp³-hybridized carbons (Fsp3) is 0.143. The van der Waals surface area contributed by atoms with Gasteiger partial charge in [-0.25, -0.2) is 0 Å². The van der Waals surface area contributed by atoms with Crippen molar-refractivity contribution in [3.63, 3.8) is 0 Å². The van der Waals surface area contributed by atoms with Crippen molar-refractivity contribution >= 4 is 101 Å². The first-order chi connectivity index (χ1) is 32.9. The van der Waals surface area contributed by atoms with Gasteiger partial charge in [0.2, 0.25) is 0 Å². The zero-order chi connectivity index (χ0) is 46.2. The van der Waals surface area contributed by atoms with Crippen molar-refractivity contribution in [3.05, 3.63) is 199 Å². The Bertz CT molecular complexity index is 3590. The van der Waals surface area contributed by atoms with E-state index in [1.54, 1.807) is 0 Å².